The van der Waals surface area contributed by atoms with Gasteiger partial charge in [0, 0.05) is 13.3 Å². The SMILES string of the molecule is CC(=O)NC(Cc1ccccc1)C(=O)N[C@@H](CCc1ccccc1)C(=O)c1nc2ccccc2o1. The maximum Gasteiger partial charge on any atom is 0.266 e. The molecule has 0 bridgehead atoms. The topological polar surface area (TPSA) is 101 Å². The Morgan fingerprint density at radius 2 is 1.43 bits per heavy atom. The fourth-order valence-electron chi connectivity index (χ4n) is 3.93. The number of oxazole rings is 1. The number of aryl methyl sites for hydroxylation is 1. The maximum atomic E-state index is 13.4. The van der Waals surface area contributed by atoms with E-state index >= 15 is 0 Å². The summed E-state index contributed by atoms with van der Waals surface area (Å²) in [5, 5.41) is 5.56. The molecule has 7 nitrogen and oxygen atoms in total. The van der Waals surface area contributed by atoms with Crippen LogP contribution in [0.1, 0.15) is 35.2 Å². The van der Waals surface area contributed by atoms with Crippen molar-refractivity contribution in [2.75, 3.05) is 0 Å². The molecule has 0 aliphatic carbocycles. The molecule has 0 fully saturated rings. The number of carbonyl (C=O) groups is 3. The molecule has 3 aromatic carbocycles. The third-order valence-corrected chi connectivity index (χ3v) is 5.68. The third kappa shape index (κ3) is 6.41. The van der Waals surface area contributed by atoms with E-state index < -0.39 is 23.8 Å². The largest absolute Gasteiger partial charge is 0.434 e. The molecule has 2 N–H and O–H groups in total. The van der Waals surface area contributed by atoms with Crippen molar-refractivity contribution in [1.82, 2.24) is 15.6 Å². The van der Waals surface area contributed by atoms with Crippen LogP contribution in [0.15, 0.2) is 89.3 Å². The number of rotatable bonds is 10. The second-order valence-corrected chi connectivity index (χ2v) is 8.38. The number of fused-ring (bicyclic) bond motifs is 1. The number of hydrogen-bond acceptors (Lipinski definition) is 5. The van der Waals surface area contributed by atoms with Crippen LogP contribution in [0.25, 0.3) is 11.1 Å². The number of nitrogens with one attached hydrogen (secondary N) is 2. The molecule has 0 spiro atoms. The predicted molar refractivity (Wildman–Crippen MR) is 133 cm³/mol. The molecule has 1 aromatic heterocycles. The van der Waals surface area contributed by atoms with Crippen molar-refractivity contribution in [3.63, 3.8) is 0 Å². The number of benzene rings is 3. The monoisotopic (exact) mass is 469 g/mol. The molecule has 0 aliphatic rings. The highest BCUT2D eigenvalue weighted by atomic mass is 16.4. The Balaban J connectivity index is 1.56. The molecule has 35 heavy (non-hydrogen) atoms. The smallest absolute Gasteiger partial charge is 0.266 e. The second kappa shape index (κ2) is 11.2. The van der Waals surface area contributed by atoms with Gasteiger partial charge >= 0.3 is 0 Å². The van der Waals surface area contributed by atoms with E-state index in [1.807, 2.05) is 66.7 Å². The summed E-state index contributed by atoms with van der Waals surface area (Å²) in [5.41, 5.74) is 3.01. The van der Waals surface area contributed by atoms with Gasteiger partial charge in [0.2, 0.25) is 17.6 Å². The highest BCUT2D eigenvalue weighted by molar-refractivity contribution is 6.00. The molecule has 7 heteroatoms. The van der Waals surface area contributed by atoms with Crippen molar-refractivity contribution < 1.29 is 18.8 Å². The lowest BCUT2D eigenvalue weighted by molar-refractivity contribution is -0.128. The van der Waals surface area contributed by atoms with Crippen LogP contribution in [0.5, 0.6) is 0 Å². The lowest BCUT2D eigenvalue weighted by atomic mass is 10.00. The normalized spacial score (nSPS) is 12.6. The summed E-state index contributed by atoms with van der Waals surface area (Å²) in [4.78, 5) is 42.8. The van der Waals surface area contributed by atoms with E-state index in [0.29, 0.717) is 30.4 Å². The number of aromatic nitrogens is 1. The fraction of sp³-hybridized carbons (Fsp3) is 0.214. The van der Waals surface area contributed by atoms with E-state index in [2.05, 4.69) is 15.6 Å². The number of Topliss-reactive ketones (excluding diaryl/α,β-unsaturated/α-hetero) is 1. The standard InChI is InChI=1S/C28H27N3O4/c1-19(32)29-24(18-21-12-6-3-7-13-21)27(34)30-23(17-16-20-10-4-2-5-11-20)26(33)28-31-22-14-8-9-15-25(22)35-28/h2-15,23-24H,16-18H2,1H3,(H,29,32)(H,30,34)/t23-,24?/m0/s1. The van der Waals surface area contributed by atoms with Gasteiger partial charge in [-0.1, -0.05) is 72.8 Å². The van der Waals surface area contributed by atoms with E-state index in [0.717, 1.165) is 11.1 Å². The first kappa shape index (κ1) is 23.9. The van der Waals surface area contributed by atoms with Gasteiger partial charge in [0.1, 0.15) is 11.6 Å². The summed E-state index contributed by atoms with van der Waals surface area (Å²) in [5.74, 6) is -1.23. The average Bonchev–Trinajstić information content (AvgIpc) is 3.31. The summed E-state index contributed by atoms with van der Waals surface area (Å²) in [6.45, 7) is 1.36. The number of hydrogen-bond donors (Lipinski definition) is 2. The van der Waals surface area contributed by atoms with Crippen molar-refractivity contribution in [2.24, 2.45) is 0 Å². The Bertz CT molecular complexity index is 1270. The Morgan fingerprint density at radius 3 is 2.09 bits per heavy atom. The number of ketones is 1. The van der Waals surface area contributed by atoms with E-state index in [9.17, 15) is 14.4 Å². The Kier molecular flexibility index (Phi) is 7.67. The summed E-state index contributed by atoms with van der Waals surface area (Å²) >= 11 is 0. The summed E-state index contributed by atoms with van der Waals surface area (Å²) in [6.07, 6.45) is 1.22. The highest BCUT2D eigenvalue weighted by Gasteiger charge is 2.29. The van der Waals surface area contributed by atoms with Crippen molar-refractivity contribution in [3.8, 4) is 0 Å². The number of amides is 2. The zero-order chi connectivity index (χ0) is 24.6. The van der Waals surface area contributed by atoms with Crippen molar-refractivity contribution in [3.05, 3.63) is 102 Å². The maximum absolute atomic E-state index is 13.4. The van der Waals surface area contributed by atoms with Gasteiger partial charge in [0.15, 0.2) is 5.58 Å². The molecule has 4 aromatic rings. The highest BCUT2D eigenvalue weighted by Crippen LogP contribution is 2.18. The van der Waals surface area contributed by atoms with Crippen LogP contribution < -0.4 is 10.6 Å². The molecule has 2 amide bonds. The first-order chi connectivity index (χ1) is 17.0. The first-order valence-corrected chi connectivity index (χ1v) is 11.5. The first-order valence-electron chi connectivity index (χ1n) is 11.5. The number of nitrogens with zero attached hydrogens (tertiary/aromatic N) is 1. The summed E-state index contributed by atoms with van der Waals surface area (Å²) in [6, 6.07) is 24.5. The molecule has 2 atom stereocenters. The lowest BCUT2D eigenvalue weighted by Crippen LogP contribution is -2.52. The molecule has 0 saturated heterocycles. The predicted octanol–water partition coefficient (Wildman–Crippen LogP) is 3.88. The molecular formula is C28H27N3O4. The van der Waals surface area contributed by atoms with Crippen LogP contribution in [-0.4, -0.2) is 34.7 Å². The van der Waals surface area contributed by atoms with Gasteiger partial charge in [-0.3, -0.25) is 14.4 Å². The minimum Gasteiger partial charge on any atom is -0.434 e. The van der Waals surface area contributed by atoms with E-state index in [1.165, 1.54) is 6.92 Å². The molecule has 0 radical (unpaired) electrons. The minimum absolute atomic E-state index is 0.0521. The lowest BCUT2D eigenvalue weighted by Gasteiger charge is -2.22. The van der Waals surface area contributed by atoms with Crippen LogP contribution in [0.2, 0.25) is 0 Å². The molecule has 0 saturated carbocycles. The van der Waals surface area contributed by atoms with E-state index in [1.54, 1.807) is 18.2 Å². The molecule has 1 unspecified atom stereocenters. The zero-order valence-corrected chi connectivity index (χ0v) is 19.4. The van der Waals surface area contributed by atoms with Crippen molar-refractivity contribution in [2.45, 2.75) is 38.3 Å². The summed E-state index contributed by atoms with van der Waals surface area (Å²) < 4.78 is 5.68. The van der Waals surface area contributed by atoms with Gasteiger partial charge in [0.25, 0.3) is 5.89 Å². The van der Waals surface area contributed by atoms with Crippen LogP contribution in [-0.2, 0) is 22.4 Å². The van der Waals surface area contributed by atoms with Gasteiger partial charge in [0.05, 0.1) is 6.04 Å². The second-order valence-electron chi connectivity index (χ2n) is 8.38. The molecular weight excluding hydrogens is 442 g/mol. The van der Waals surface area contributed by atoms with Gasteiger partial charge < -0.3 is 15.1 Å². The zero-order valence-electron chi connectivity index (χ0n) is 19.4. The third-order valence-electron chi connectivity index (χ3n) is 5.68. The van der Waals surface area contributed by atoms with Gasteiger partial charge in [-0.05, 0) is 36.1 Å². The van der Waals surface area contributed by atoms with Crippen molar-refractivity contribution in [1.29, 1.82) is 0 Å². The van der Waals surface area contributed by atoms with E-state index in [4.69, 9.17) is 4.42 Å². The minimum atomic E-state index is -0.872. The Morgan fingerprint density at radius 1 is 0.800 bits per heavy atom. The quantitative estimate of drug-likeness (QED) is 0.343. The van der Waals surface area contributed by atoms with Gasteiger partial charge in [-0.25, -0.2) is 4.98 Å². The molecule has 4 rings (SSSR count). The van der Waals surface area contributed by atoms with Crippen LogP contribution >= 0.6 is 0 Å². The molecule has 178 valence electrons. The van der Waals surface area contributed by atoms with E-state index in [-0.39, 0.29) is 11.8 Å². The van der Waals surface area contributed by atoms with Crippen LogP contribution in [0, 0.1) is 0 Å². The number of para-hydroxylation sites is 2. The van der Waals surface area contributed by atoms with Gasteiger partial charge in [-0.2, -0.15) is 0 Å². The van der Waals surface area contributed by atoms with Crippen LogP contribution in [0.4, 0.5) is 0 Å². The molecule has 1 heterocycles. The van der Waals surface area contributed by atoms with Crippen LogP contribution in [0.3, 0.4) is 0 Å². The summed E-state index contributed by atoms with van der Waals surface area (Å²) in [7, 11) is 0. The van der Waals surface area contributed by atoms with Gasteiger partial charge in [-0.15, -0.1) is 0 Å². The average molecular weight is 470 g/mol. The Labute approximate surface area is 203 Å². The fourth-order valence-corrected chi connectivity index (χ4v) is 3.93. The number of carbonyl (C=O) groups excluding carboxylic acids is 3. The van der Waals surface area contributed by atoms with Crippen molar-refractivity contribution >= 4 is 28.7 Å². The Hall–Kier alpha value is -4.26. The molecule has 0 aliphatic heterocycles.